The van der Waals surface area contributed by atoms with Crippen LogP contribution in [0.25, 0.3) is 0 Å². The summed E-state index contributed by atoms with van der Waals surface area (Å²) in [5, 5.41) is 8.82. The maximum absolute atomic E-state index is 12.4. The first-order valence-corrected chi connectivity index (χ1v) is 8.85. The molecule has 144 valence electrons. The van der Waals surface area contributed by atoms with Gasteiger partial charge in [0, 0.05) is 19.6 Å². The highest BCUT2D eigenvalue weighted by Gasteiger charge is 2.25. The lowest BCUT2D eigenvalue weighted by atomic mass is 10.1. The standard InChI is InChI=1S/C19H28N2O5/c1-14-4-5-17(15(2)10-14)26-8-6-18(22)21-7-9-25-16(12-21)11-20(3)13-19(23)24/h4-5,10,16H,6-9,11-13H2,1-3H3,(H,23,24)/t16-/m0/s1. The Morgan fingerprint density at radius 3 is 2.85 bits per heavy atom. The van der Waals surface area contributed by atoms with Crippen LogP contribution >= 0.6 is 0 Å². The number of morpholine rings is 1. The molecule has 1 aliphatic rings. The zero-order chi connectivity index (χ0) is 19.1. The van der Waals surface area contributed by atoms with Gasteiger partial charge in [-0.05, 0) is 32.5 Å². The molecule has 0 aliphatic carbocycles. The number of hydrogen-bond donors (Lipinski definition) is 1. The lowest BCUT2D eigenvalue weighted by Gasteiger charge is -2.34. The molecule has 7 heteroatoms. The zero-order valence-electron chi connectivity index (χ0n) is 15.7. The molecule has 0 bridgehead atoms. The van der Waals surface area contributed by atoms with Crippen LogP contribution in [0.4, 0.5) is 0 Å². The van der Waals surface area contributed by atoms with E-state index in [1.807, 2.05) is 26.0 Å². The molecular weight excluding hydrogens is 336 g/mol. The van der Waals surface area contributed by atoms with Gasteiger partial charge in [0.2, 0.25) is 5.91 Å². The molecule has 0 saturated carbocycles. The highest BCUT2D eigenvalue weighted by atomic mass is 16.5. The Morgan fingerprint density at radius 2 is 2.15 bits per heavy atom. The Hall–Kier alpha value is -2.12. The van der Waals surface area contributed by atoms with Gasteiger partial charge in [0.1, 0.15) is 5.75 Å². The first-order valence-electron chi connectivity index (χ1n) is 8.85. The Bertz CT molecular complexity index is 634. The van der Waals surface area contributed by atoms with E-state index in [9.17, 15) is 9.59 Å². The maximum Gasteiger partial charge on any atom is 0.317 e. The largest absolute Gasteiger partial charge is 0.493 e. The average molecular weight is 364 g/mol. The second kappa shape index (κ2) is 9.54. The third kappa shape index (κ3) is 6.31. The minimum Gasteiger partial charge on any atom is -0.493 e. The quantitative estimate of drug-likeness (QED) is 0.749. The second-order valence-corrected chi connectivity index (χ2v) is 6.79. The summed E-state index contributed by atoms with van der Waals surface area (Å²) in [6, 6.07) is 5.97. The molecule has 1 aromatic carbocycles. The third-order valence-corrected chi connectivity index (χ3v) is 4.32. The molecule has 7 nitrogen and oxygen atoms in total. The fourth-order valence-electron chi connectivity index (χ4n) is 3.07. The molecule has 2 rings (SSSR count). The zero-order valence-corrected chi connectivity index (χ0v) is 15.7. The van der Waals surface area contributed by atoms with Gasteiger partial charge in [0.05, 0.1) is 32.3 Å². The molecule has 1 aliphatic heterocycles. The average Bonchev–Trinajstić information content (AvgIpc) is 2.56. The van der Waals surface area contributed by atoms with Crippen LogP contribution in [0.2, 0.25) is 0 Å². The van der Waals surface area contributed by atoms with Crippen molar-refractivity contribution >= 4 is 11.9 Å². The van der Waals surface area contributed by atoms with Gasteiger partial charge in [-0.15, -0.1) is 0 Å². The summed E-state index contributed by atoms with van der Waals surface area (Å²) in [6.07, 6.45) is 0.141. The molecule has 0 radical (unpaired) electrons. The SMILES string of the molecule is Cc1ccc(OCCC(=O)N2CCO[C@@H](CN(C)CC(=O)O)C2)c(C)c1. The number of carbonyl (C=O) groups is 2. The van der Waals surface area contributed by atoms with E-state index in [1.54, 1.807) is 16.8 Å². The van der Waals surface area contributed by atoms with Crippen LogP contribution in [0.15, 0.2) is 18.2 Å². The molecule has 1 atom stereocenters. The lowest BCUT2D eigenvalue weighted by Crippen LogP contribution is -2.49. The van der Waals surface area contributed by atoms with Crippen LogP contribution < -0.4 is 4.74 Å². The first kappa shape index (κ1) is 20.2. The van der Waals surface area contributed by atoms with E-state index in [0.717, 1.165) is 11.3 Å². The van der Waals surface area contributed by atoms with Crippen molar-refractivity contribution in [3.05, 3.63) is 29.3 Å². The number of aliphatic carboxylic acids is 1. The van der Waals surface area contributed by atoms with Crippen molar-refractivity contribution in [1.29, 1.82) is 0 Å². The van der Waals surface area contributed by atoms with Crippen LogP contribution in [-0.2, 0) is 14.3 Å². The van der Waals surface area contributed by atoms with Gasteiger partial charge in [-0.3, -0.25) is 14.5 Å². The lowest BCUT2D eigenvalue weighted by molar-refractivity contribution is -0.142. The number of hydrogen-bond acceptors (Lipinski definition) is 5. The number of amides is 1. The Balaban J connectivity index is 1.76. The van der Waals surface area contributed by atoms with Gasteiger partial charge in [0.15, 0.2) is 0 Å². The Labute approximate surface area is 154 Å². The molecule has 1 N–H and O–H groups in total. The molecular formula is C19H28N2O5. The monoisotopic (exact) mass is 364 g/mol. The van der Waals surface area contributed by atoms with Crippen molar-refractivity contribution in [3.8, 4) is 5.75 Å². The number of benzene rings is 1. The summed E-state index contributed by atoms with van der Waals surface area (Å²) in [6.45, 7) is 6.30. The van der Waals surface area contributed by atoms with Crippen molar-refractivity contribution in [1.82, 2.24) is 9.80 Å². The summed E-state index contributed by atoms with van der Waals surface area (Å²) in [7, 11) is 1.73. The first-order chi connectivity index (χ1) is 12.3. The van der Waals surface area contributed by atoms with E-state index < -0.39 is 5.97 Å². The van der Waals surface area contributed by atoms with Crippen molar-refractivity contribution in [3.63, 3.8) is 0 Å². The molecule has 1 heterocycles. The van der Waals surface area contributed by atoms with Crippen LogP contribution in [0, 0.1) is 13.8 Å². The summed E-state index contributed by atoms with van der Waals surface area (Å²) >= 11 is 0. The number of rotatable bonds is 8. The molecule has 0 spiro atoms. The number of carbonyl (C=O) groups excluding carboxylic acids is 1. The van der Waals surface area contributed by atoms with Crippen LogP contribution in [0.3, 0.4) is 0 Å². The third-order valence-electron chi connectivity index (χ3n) is 4.32. The van der Waals surface area contributed by atoms with Crippen LogP contribution in [-0.4, -0.2) is 79.3 Å². The van der Waals surface area contributed by atoms with Gasteiger partial charge in [0.25, 0.3) is 0 Å². The van der Waals surface area contributed by atoms with E-state index in [0.29, 0.717) is 39.3 Å². The van der Waals surface area contributed by atoms with Crippen molar-refractivity contribution in [2.45, 2.75) is 26.4 Å². The molecule has 1 fully saturated rings. The fourth-order valence-corrected chi connectivity index (χ4v) is 3.07. The summed E-state index contributed by atoms with van der Waals surface area (Å²) in [4.78, 5) is 26.6. The van der Waals surface area contributed by atoms with Crippen molar-refractivity contribution < 1.29 is 24.2 Å². The molecule has 26 heavy (non-hydrogen) atoms. The predicted octanol–water partition coefficient (Wildman–Crippen LogP) is 1.32. The highest BCUT2D eigenvalue weighted by Crippen LogP contribution is 2.19. The number of carboxylic acid groups (broad SMARTS) is 1. The Kier molecular flexibility index (Phi) is 7.41. The number of aryl methyl sites for hydroxylation is 2. The van der Waals surface area contributed by atoms with Crippen LogP contribution in [0.5, 0.6) is 5.75 Å². The normalized spacial score (nSPS) is 17.4. The van der Waals surface area contributed by atoms with E-state index in [1.165, 1.54) is 5.56 Å². The van der Waals surface area contributed by atoms with Crippen molar-refractivity contribution in [2.75, 3.05) is 46.4 Å². The summed E-state index contributed by atoms with van der Waals surface area (Å²) in [5.41, 5.74) is 2.24. The van der Waals surface area contributed by atoms with E-state index in [2.05, 4.69) is 6.07 Å². The maximum atomic E-state index is 12.4. The molecule has 1 saturated heterocycles. The minimum absolute atomic E-state index is 0.0314. The van der Waals surface area contributed by atoms with Gasteiger partial charge in [-0.25, -0.2) is 0 Å². The van der Waals surface area contributed by atoms with Gasteiger partial charge < -0.3 is 19.5 Å². The number of carboxylic acids is 1. The second-order valence-electron chi connectivity index (χ2n) is 6.79. The number of likely N-dealkylation sites (N-methyl/N-ethyl adjacent to an activating group) is 1. The number of nitrogens with zero attached hydrogens (tertiary/aromatic N) is 2. The topological polar surface area (TPSA) is 79.3 Å². The van der Waals surface area contributed by atoms with Crippen LogP contribution in [0.1, 0.15) is 17.5 Å². The predicted molar refractivity (Wildman–Crippen MR) is 97.5 cm³/mol. The van der Waals surface area contributed by atoms with Gasteiger partial charge >= 0.3 is 5.97 Å². The van der Waals surface area contributed by atoms with E-state index in [4.69, 9.17) is 14.6 Å². The summed E-state index contributed by atoms with van der Waals surface area (Å²) < 4.78 is 11.4. The van der Waals surface area contributed by atoms with E-state index in [-0.39, 0.29) is 18.6 Å². The van der Waals surface area contributed by atoms with E-state index >= 15 is 0 Å². The molecule has 1 amide bonds. The Morgan fingerprint density at radius 1 is 1.38 bits per heavy atom. The van der Waals surface area contributed by atoms with Crippen molar-refractivity contribution in [2.24, 2.45) is 0 Å². The molecule has 0 unspecified atom stereocenters. The smallest absolute Gasteiger partial charge is 0.317 e. The van der Waals surface area contributed by atoms with Gasteiger partial charge in [-0.2, -0.15) is 0 Å². The summed E-state index contributed by atoms with van der Waals surface area (Å²) in [5.74, 6) is -0.0395. The number of ether oxygens (including phenoxy) is 2. The fraction of sp³-hybridized carbons (Fsp3) is 0.579. The highest BCUT2D eigenvalue weighted by molar-refractivity contribution is 5.76. The molecule has 1 aromatic rings. The molecule has 0 aromatic heterocycles. The minimum atomic E-state index is -0.875. The van der Waals surface area contributed by atoms with Gasteiger partial charge in [-0.1, -0.05) is 17.7 Å².